The highest BCUT2D eigenvalue weighted by Gasteiger charge is 2.09. The number of hydrogen-bond acceptors (Lipinski definition) is 4. The predicted molar refractivity (Wildman–Crippen MR) is 63.4 cm³/mol. The monoisotopic (exact) mass is 227 g/mol. The van der Waals surface area contributed by atoms with Crippen molar-refractivity contribution in [1.29, 1.82) is 5.26 Å². The third-order valence-corrected chi connectivity index (χ3v) is 2.46. The number of aromatic nitrogens is 3. The van der Waals surface area contributed by atoms with Gasteiger partial charge in [-0.25, -0.2) is 4.68 Å². The summed E-state index contributed by atoms with van der Waals surface area (Å²) in [6, 6.07) is 11.9. The Hall–Kier alpha value is -2.19. The first-order valence-electron chi connectivity index (χ1n) is 5.39. The lowest BCUT2D eigenvalue weighted by Gasteiger charge is -2.06. The van der Waals surface area contributed by atoms with E-state index in [-0.39, 0.29) is 6.04 Å². The number of nitriles is 1. The van der Waals surface area contributed by atoms with E-state index in [1.165, 1.54) is 0 Å². The van der Waals surface area contributed by atoms with Crippen molar-refractivity contribution in [3.63, 3.8) is 0 Å². The fraction of sp³-hybridized carbons (Fsp3) is 0.250. The maximum absolute atomic E-state index is 8.49. The average Bonchev–Trinajstić information content (AvgIpc) is 2.86. The predicted octanol–water partition coefficient (Wildman–Crippen LogP) is 1.44. The SMILES string of the molecule is CC(NCC#N)c1cn(-c2ccccc2)nn1. The molecule has 17 heavy (non-hydrogen) atoms. The van der Waals surface area contributed by atoms with Gasteiger partial charge in [0.05, 0.1) is 36.2 Å². The van der Waals surface area contributed by atoms with Gasteiger partial charge in [-0.1, -0.05) is 23.4 Å². The van der Waals surface area contributed by atoms with Crippen LogP contribution in [0.3, 0.4) is 0 Å². The van der Waals surface area contributed by atoms with E-state index in [0.717, 1.165) is 11.4 Å². The van der Waals surface area contributed by atoms with Gasteiger partial charge < -0.3 is 0 Å². The third kappa shape index (κ3) is 2.68. The number of para-hydroxylation sites is 1. The summed E-state index contributed by atoms with van der Waals surface area (Å²) >= 11 is 0. The molecule has 0 fully saturated rings. The first-order chi connectivity index (χ1) is 8.31. The molecule has 1 atom stereocenters. The van der Waals surface area contributed by atoms with E-state index in [1.807, 2.05) is 49.5 Å². The van der Waals surface area contributed by atoms with E-state index >= 15 is 0 Å². The van der Waals surface area contributed by atoms with Crippen LogP contribution in [0, 0.1) is 11.3 Å². The summed E-state index contributed by atoms with van der Waals surface area (Å²) in [6.45, 7) is 2.26. The van der Waals surface area contributed by atoms with Crippen molar-refractivity contribution in [3.05, 3.63) is 42.2 Å². The van der Waals surface area contributed by atoms with Gasteiger partial charge in [-0.05, 0) is 19.1 Å². The molecule has 0 amide bonds. The van der Waals surface area contributed by atoms with Gasteiger partial charge in [0.1, 0.15) is 0 Å². The second kappa shape index (κ2) is 5.23. The van der Waals surface area contributed by atoms with Gasteiger partial charge in [-0.2, -0.15) is 5.26 Å². The summed E-state index contributed by atoms with van der Waals surface area (Å²) in [6.07, 6.45) is 1.87. The van der Waals surface area contributed by atoms with Crippen LogP contribution in [0.4, 0.5) is 0 Å². The fourth-order valence-corrected chi connectivity index (χ4v) is 1.49. The maximum atomic E-state index is 8.49. The lowest BCUT2D eigenvalue weighted by molar-refractivity contribution is 0.602. The quantitative estimate of drug-likeness (QED) is 0.803. The van der Waals surface area contributed by atoms with Crippen molar-refractivity contribution < 1.29 is 0 Å². The van der Waals surface area contributed by atoms with E-state index in [2.05, 4.69) is 15.6 Å². The molecular weight excluding hydrogens is 214 g/mol. The van der Waals surface area contributed by atoms with Gasteiger partial charge in [0.2, 0.25) is 0 Å². The minimum atomic E-state index is 0.0205. The van der Waals surface area contributed by atoms with Crippen LogP contribution in [0.1, 0.15) is 18.7 Å². The molecule has 0 aliphatic carbocycles. The molecule has 0 saturated heterocycles. The normalized spacial score (nSPS) is 12.0. The molecule has 1 aromatic carbocycles. The molecule has 1 aromatic heterocycles. The van der Waals surface area contributed by atoms with Crippen molar-refractivity contribution in [1.82, 2.24) is 20.3 Å². The Balaban J connectivity index is 2.14. The van der Waals surface area contributed by atoms with Crippen molar-refractivity contribution in [2.45, 2.75) is 13.0 Å². The summed E-state index contributed by atoms with van der Waals surface area (Å²) in [5, 5.41) is 19.7. The Kier molecular flexibility index (Phi) is 3.48. The Labute approximate surface area is 99.7 Å². The molecule has 1 N–H and O–H groups in total. The molecule has 5 heteroatoms. The smallest absolute Gasteiger partial charge is 0.0998 e. The highest BCUT2D eigenvalue weighted by molar-refractivity contribution is 5.30. The summed E-state index contributed by atoms with van der Waals surface area (Å²) in [7, 11) is 0. The summed E-state index contributed by atoms with van der Waals surface area (Å²) in [4.78, 5) is 0. The van der Waals surface area contributed by atoms with Gasteiger partial charge in [0.15, 0.2) is 0 Å². The van der Waals surface area contributed by atoms with Crippen LogP contribution in [-0.2, 0) is 0 Å². The molecule has 5 nitrogen and oxygen atoms in total. The third-order valence-electron chi connectivity index (χ3n) is 2.46. The van der Waals surface area contributed by atoms with Crippen molar-refractivity contribution in [3.8, 4) is 11.8 Å². The molecule has 2 aromatic rings. The fourth-order valence-electron chi connectivity index (χ4n) is 1.49. The number of benzene rings is 1. The van der Waals surface area contributed by atoms with Gasteiger partial charge in [-0.3, -0.25) is 5.32 Å². The molecule has 1 heterocycles. The zero-order valence-electron chi connectivity index (χ0n) is 9.54. The Morgan fingerprint density at radius 3 is 2.88 bits per heavy atom. The van der Waals surface area contributed by atoms with E-state index < -0.39 is 0 Å². The Bertz CT molecular complexity index is 511. The van der Waals surface area contributed by atoms with Gasteiger partial charge in [0, 0.05) is 0 Å². The summed E-state index contributed by atoms with van der Waals surface area (Å²) in [5.41, 5.74) is 1.79. The largest absolute Gasteiger partial charge is 0.296 e. The van der Waals surface area contributed by atoms with Crippen LogP contribution >= 0.6 is 0 Å². The Morgan fingerprint density at radius 2 is 2.18 bits per heavy atom. The number of nitrogens with zero attached hydrogens (tertiary/aromatic N) is 4. The topological polar surface area (TPSA) is 66.5 Å². The van der Waals surface area contributed by atoms with E-state index in [9.17, 15) is 0 Å². The average molecular weight is 227 g/mol. The molecule has 86 valence electrons. The first kappa shape index (κ1) is 11.3. The second-order valence-corrected chi connectivity index (χ2v) is 3.68. The minimum absolute atomic E-state index is 0.0205. The summed E-state index contributed by atoms with van der Waals surface area (Å²) < 4.78 is 1.72. The second-order valence-electron chi connectivity index (χ2n) is 3.68. The van der Waals surface area contributed by atoms with E-state index in [4.69, 9.17) is 5.26 Å². The van der Waals surface area contributed by atoms with E-state index in [0.29, 0.717) is 6.54 Å². The summed E-state index contributed by atoms with van der Waals surface area (Å²) in [5.74, 6) is 0. The Morgan fingerprint density at radius 1 is 1.41 bits per heavy atom. The highest BCUT2D eigenvalue weighted by Crippen LogP contribution is 2.11. The minimum Gasteiger partial charge on any atom is -0.296 e. The maximum Gasteiger partial charge on any atom is 0.0998 e. The molecular formula is C12H13N5. The molecule has 0 radical (unpaired) electrons. The zero-order chi connectivity index (χ0) is 12.1. The van der Waals surface area contributed by atoms with Crippen LogP contribution in [0.25, 0.3) is 5.69 Å². The molecule has 0 saturated carbocycles. The van der Waals surface area contributed by atoms with Gasteiger partial charge in [-0.15, -0.1) is 5.10 Å². The highest BCUT2D eigenvalue weighted by atomic mass is 15.4. The van der Waals surface area contributed by atoms with Crippen LogP contribution < -0.4 is 5.32 Å². The van der Waals surface area contributed by atoms with E-state index in [1.54, 1.807) is 4.68 Å². The molecule has 1 unspecified atom stereocenters. The van der Waals surface area contributed by atoms with Crippen LogP contribution in [-0.4, -0.2) is 21.5 Å². The molecule has 0 bridgehead atoms. The van der Waals surface area contributed by atoms with Crippen LogP contribution in [0.15, 0.2) is 36.5 Å². The van der Waals surface area contributed by atoms with Crippen molar-refractivity contribution >= 4 is 0 Å². The van der Waals surface area contributed by atoms with Crippen LogP contribution in [0.5, 0.6) is 0 Å². The van der Waals surface area contributed by atoms with Gasteiger partial charge in [0.25, 0.3) is 0 Å². The molecule has 0 spiro atoms. The van der Waals surface area contributed by atoms with Crippen molar-refractivity contribution in [2.24, 2.45) is 0 Å². The van der Waals surface area contributed by atoms with Gasteiger partial charge >= 0.3 is 0 Å². The lowest BCUT2D eigenvalue weighted by Crippen LogP contribution is -2.18. The zero-order valence-corrected chi connectivity index (χ0v) is 9.54. The number of rotatable bonds is 4. The standard InChI is InChI=1S/C12H13N5/c1-10(14-8-7-13)12-9-17(16-15-12)11-5-3-2-4-6-11/h2-6,9-10,14H,8H2,1H3. The van der Waals surface area contributed by atoms with Crippen LogP contribution in [0.2, 0.25) is 0 Å². The molecule has 0 aliphatic rings. The number of nitrogens with one attached hydrogen (secondary N) is 1. The molecule has 2 rings (SSSR count). The first-order valence-corrected chi connectivity index (χ1v) is 5.39. The number of hydrogen-bond donors (Lipinski definition) is 1. The lowest BCUT2D eigenvalue weighted by atomic mass is 10.2. The van der Waals surface area contributed by atoms with Crippen molar-refractivity contribution in [2.75, 3.05) is 6.54 Å². The molecule has 0 aliphatic heterocycles.